The topological polar surface area (TPSA) is 61.2 Å². The monoisotopic (exact) mass is 294 g/mol. The molecular formula is C17H14N2O3. The standard InChI is InChI=1S/C17H14N2O3/c1-19-15-5-3-2-4-14(15)17(21)18-16(19)11-22-13-8-6-12(10-20)7-9-13/h2-10H,11H2,1H3. The average molecular weight is 294 g/mol. The second-order valence-electron chi connectivity index (χ2n) is 4.88. The molecule has 0 amide bonds. The SMILES string of the molecule is Cn1c(COc2ccc(C=O)cc2)nc(=O)c2ccccc21. The van der Waals surface area contributed by atoms with Crippen LogP contribution in [0.15, 0.2) is 53.3 Å². The second kappa shape index (κ2) is 5.81. The molecule has 0 atom stereocenters. The van der Waals surface area contributed by atoms with E-state index in [1.165, 1.54) is 0 Å². The van der Waals surface area contributed by atoms with Crippen LogP contribution >= 0.6 is 0 Å². The first kappa shape index (κ1) is 14.0. The Hall–Kier alpha value is -2.95. The molecule has 5 nitrogen and oxygen atoms in total. The molecule has 0 saturated heterocycles. The predicted molar refractivity (Wildman–Crippen MR) is 83.1 cm³/mol. The van der Waals surface area contributed by atoms with Gasteiger partial charge in [0.15, 0.2) is 5.82 Å². The van der Waals surface area contributed by atoms with Gasteiger partial charge in [0.1, 0.15) is 18.6 Å². The average Bonchev–Trinajstić information content (AvgIpc) is 2.57. The fourth-order valence-corrected chi connectivity index (χ4v) is 2.26. The van der Waals surface area contributed by atoms with Crippen LogP contribution in [0.1, 0.15) is 16.2 Å². The summed E-state index contributed by atoms with van der Waals surface area (Å²) in [5.74, 6) is 1.16. The van der Waals surface area contributed by atoms with Crippen LogP contribution < -0.4 is 10.3 Å². The van der Waals surface area contributed by atoms with Gasteiger partial charge in [-0.15, -0.1) is 0 Å². The molecule has 0 saturated carbocycles. The van der Waals surface area contributed by atoms with Crippen molar-refractivity contribution in [3.8, 4) is 5.75 Å². The van der Waals surface area contributed by atoms with Crippen molar-refractivity contribution in [3.63, 3.8) is 0 Å². The number of fused-ring (bicyclic) bond motifs is 1. The van der Waals surface area contributed by atoms with Crippen molar-refractivity contribution in [1.29, 1.82) is 0 Å². The Bertz CT molecular complexity index is 883. The van der Waals surface area contributed by atoms with Crippen LogP contribution in [-0.2, 0) is 13.7 Å². The highest BCUT2D eigenvalue weighted by Crippen LogP contribution is 2.14. The lowest BCUT2D eigenvalue weighted by Gasteiger charge is -2.12. The van der Waals surface area contributed by atoms with Crippen molar-refractivity contribution >= 4 is 17.2 Å². The van der Waals surface area contributed by atoms with E-state index >= 15 is 0 Å². The molecule has 22 heavy (non-hydrogen) atoms. The van der Waals surface area contributed by atoms with E-state index in [0.717, 1.165) is 11.8 Å². The third-order valence-corrected chi connectivity index (χ3v) is 3.50. The minimum Gasteiger partial charge on any atom is -0.486 e. The van der Waals surface area contributed by atoms with E-state index in [1.807, 2.05) is 29.8 Å². The third kappa shape index (κ3) is 2.61. The van der Waals surface area contributed by atoms with Crippen molar-refractivity contribution in [2.75, 3.05) is 0 Å². The molecule has 0 aliphatic carbocycles. The molecule has 0 spiro atoms. The lowest BCUT2D eigenvalue weighted by atomic mass is 10.2. The molecule has 3 aromatic rings. The van der Waals surface area contributed by atoms with Crippen LogP contribution in [0.5, 0.6) is 5.75 Å². The van der Waals surface area contributed by atoms with E-state index in [0.29, 0.717) is 22.5 Å². The van der Waals surface area contributed by atoms with E-state index in [9.17, 15) is 9.59 Å². The highest BCUT2D eigenvalue weighted by molar-refractivity contribution is 5.78. The number of carbonyl (C=O) groups excluding carboxylic acids is 1. The number of aryl methyl sites for hydroxylation is 1. The zero-order valence-corrected chi connectivity index (χ0v) is 12.0. The number of nitrogens with zero attached hydrogens (tertiary/aromatic N) is 2. The zero-order valence-electron chi connectivity index (χ0n) is 12.0. The maximum atomic E-state index is 12.0. The van der Waals surface area contributed by atoms with Gasteiger partial charge in [0, 0.05) is 12.6 Å². The van der Waals surface area contributed by atoms with Gasteiger partial charge in [0.25, 0.3) is 5.56 Å². The number of rotatable bonds is 4. The van der Waals surface area contributed by atoms with E-state index in [2.05, 4.69) is 4.98 Å². The molecule has 5 heteroatoms. The largest absolute Gasteiger partial charge is 0.486 e. The summed E-state index contributed by atoms with van der Waals surface area (Å²) in [6, 6.07) is 14.1. The van der Waals surface area contributed by atoms with Crippen molar-refractivity contribution in [1.82, 2.24) is 9.55 Å². The second-order valence-corrected chi connectivity index (χ2v) is 4.88. The summed E-state index contributed by atoms with van der Waals surface area (Å²) in [5, 5.41) is 0.587. The number of ether oxygens (including phenoxy) is 1. The highest BCUT2D eigenvalue weighted by atomic mass is 16.5. The molecule has 1 heterocycles. The number of carbonyl (C=O) groups is 1. The molecular weight excluding hydrogens is 280 g/mol. The first-order valence-electron chi connectivity index (χ1n) is 6.82. The summed E-state index contributed by atoms with van der Waals surface area (Å²) in [4.78, 5) is 26.7. The van der Waals surface area contributed by atoms with Crippen molar-refractivity contribution in [3.05, 3.63) is 70.3 Å². The Morgan fingerprint density at radius 2 is 1.86 bits per heavy atom. The summed E-state index contributed by atoms with van der Waals surface area (Å²) in [6.07, 6.45) is 0.776. The van der Waals surface area contributed by atoms with Gasteiger partial charge in [-0.1, -0.05) is 12.1 Å². The molecule has 0 radical (unpaired) electrons. The molecule has 0 fully saturated rings. The van der Waals surface area contributed by atoms with Crippen LogP contribution in [0.25, 0.3) is 10.9 Å². The van der Waals surface area contributed by atoms with E-state index in [4.69, 9.17) is 4.74 Å². The lowest BCUT2D eigenvalue weighted by molar-refractivity contribution is 0.112. The maximum absolute atomic E-state index is 12.0. The van der Waals surface area contributed by atoms with E-state index < -0.39 is 0 Å². The molecule has 2 aromatic carbocycles. The zero-order chi connectivity index (χ0) is 15.5. The number of benzene rings is 2. The molecule has 0 aliphatic rings. The predicted octanol–water partition coefficient (Wildman–Crippen LogP) is 2.33. The summed E-state index contributed by atoms with van der Waals surface area (Å²) in [7, 11) is 1.85. The van der Waals surface area contributed by atoms with Gasteiger partial charge < -0.3 is 9.30 Å². The normalized spacial score (nSPS) is 10.6. The number of aldehydes is 1. The van der Waals surface area contributed by atoms with Gasteiger partial charge in [-0.2, -0.15) is 4.98 Å². The third-order valence-electron chi connectivity index (χ3n) is 3.50. The first-order chi connectivity index (χ1) is 10.7. The lowest BCUT2D eigenvalue weighted by Crippen LogP contribution is -2.18. The smallest absolute Gasteiger partial charge is 0.280 e. The van der Waals surface area contributed by atoms with Gasteiger partial charge >= 0.3 is 0 Å². The van der Waals surface area contributed by atoms with Crippen molar-refractivity contribution < 1.29 is 9.53 Å². The number of para-hydroxylation sites is 1. The molecule has 3 rings (SSSR count). The minimum absolute atomic E-state index is 0.178. The minimum atomic E-state index is -0.261. The molecule has 110 valence electrons. The van der Waals surface area contributed by atoms with Crippen molar-refractivity contribution in [2.24, 2.45) is 7.05 Å². The Morgan fingerprint density at radius 1 is 1.14 bits per heavy atom. The highest BCUT2D eigenvalue weighted by Gasteiger charge is 2.08. The number of hydrogen-bond acceptors (Lipinski definition) is 4. The van der Waals surface area contributed by atoms with Gasteiger partial charge in [-0.3, -0.25) is 9.59 Å². The van der Waals surface area contributed by atoms with E-state index in [1.54, 1.807) is 30.3 Å². The Morgan fingerprint density at radius 3 is 2.59 bits per heavy atom. The fraction of sp³-hybridized carbons (Fsp3) is 0.118. The molecule has 0 N–H and O–H groups in total. The Balaban J connectivity index is 1.89. The van der Waals surface area contributed by atoms with Crippen LogP contribution in [0.4, 0.5) is 0 Å². The molecule has 1 aromatic heterocycles. The van der Waals surface area contributed by atoms with Crippen LogP contribution in [0, 0.1) is 0 Å². The Kier molecular flexibility index (Phi) is 3.70. The summed E-state index contributed by atoms with van der Waals surface area (Å²) in [6.45, 7) is 0.178. The van der Waals surface area contributed by atoms with Crippen LogP contribution in [0.3, 0.4) is 0 Å². The van der Waals surface area contributed by atoms with Crippen LogP contribution in [-0.4, -0.2) is 15.8 Å². The molecule has 0 aliphatic heterocycles. The van der Waals surface area contributed by atoms with Gasteiger partial charge in [0.2, 0.25) is 0 Å². The van der Waals surface area contributed by atoms with Gasteiger partial charge in [-0.05, 0) is 36.4 Å². The summed E-state index contributed by atoms with van der Waals surface area (Å²) < 4.78 is 7.48. The van der Waals surface area contributed by atoms with Gasteiger partial charge in [-0.25, -0.2) is 0 Å². The van der Waals surface area contributed by atoms with Crippen LogP contribution in [0.2, 0.25) is 0 Å². The quantitative estimate of drug-likeness (QED) is 0.693. The maximum Gasteiger partial charge on any atom is 0.280 e. The molecule has 0 unspecified atom stereocenters. The number of hydrogen-bond donors (Lipinski definition) is 0. The number of aromatic nitrogens is 2. The molecule has 0 bridgehead atoms. The van der Waals surface area contributed by atoms with Gasteiger partial charge in [0.05, 0.1) is 10.9 Å². The summed E-state index contributed by atoms with van der Waals surface area (Å²) >= 11 is 0. The van der Waals surface area contributed by atoms with E-state index in [-0.39, 0.29) is 12.2 Å². The summed E-state index contributed by atoms with van der Waals surface area (Å²) in [5.41, 5.74) is 1.14. The Labute approximate surface area is 126 Å². The first-order valence-corrected chi connectivity index (χ1v) is 6.82. The fourth-order valence-electron chi connectivity index (χ4n) is 2.26. The van der Waals surface area contributed by atoms with Crippen molar-refractivity contribution in [2.45, 2.75) is 6.61 Å².